The Morgan fingerprint density at radius 1 is 1.00 bits per heavy atom. The number of hydrogen-bond donors (Lipinski definition) is 1. The monoisotopic (exact) mass is 369 g/mol. The fourth-order valence-corrected chi connectivity index (χ4v) is 4.37. The summed E-state index contributed by atoms with van der Waals surface area (Å²) in [6.07, 6.45) is 4.20. The largest absolute Gasteiger partial charge is 0.421 e. The minimum absolute atomic E-state index is 0.273. The second-order valence-corrected chi connectivity index (χ2v) is 8.10. The summed E-state index contributed by atoms with van der Waals surface area (Å²) in [6, 6.07) is 12.4. The third kappa shape index (κ3) is 3.22. The molecule has 0 atom stereocenters. The Hall–Kier alpha value is -2.67. The van der Waals surface area contributed by atoms with Gasteiger partial charge in [0.2, 0.25) is 11.8 Å². The van der Waals surface area contributed by atoms with Gasteiger partial charge in [-0.25, -0.2) is 8.42 Å². The van der Waals surface area contributed by atoms with Crippen LogP contribution in [0.1, 0.15) is 29.9 Å². The van der Waals surface area contributed by atoms with Crippen LogP contribution in [0, 0.1) is 6.92 Å². The van der Waals surface area contributed by atoms with Crippen LogP contribution in [0.4, 0.5) is 5.69 Å². The van der Waals surface area contributed by atoms with Crippen LogP contribution in [-0.4, -0.2) is 18.6 Å². The van der Waals surface area contributed by atoms with Gasteiger partial charge in [0.25, 0.3) is 10.0 Å². The second-order valence-electron chi connectivity index (χ2n) is 6.41. The number of benzene rings is 2. The molecule has 4 rings (SSSR count). The van der Waals surface area contributed by atoms with Crippen molar-refractivity contribution in [3.63, 3.8) is 0 Å². The lowest BCUT2D eigenvalue weighted by Gasteiger charge is -2.17. The quantitative estimate of drug-likeness (QED) is 0.757. The maximum absolute atomic E-state index is 12.9. The van der Waals surface area contributed by atoms with E-state index in [1.807, 2.05) is 6.07 Å². The highest BCUT2D eigenvalue weighted by Crippen LogP contribution is 2.30. The molecule has 7 heteroatoms. The van der Waals surface area contributed by atoms with Gasteiger partial charge in [0.1, 0.15) is 0 Å². The van der Waals surface area contributed by atoms with E-state index in [1.165, 1.54) is 5.56 Å². The van der Waals surface area contributed by atoms with E-state index in [0.717, 1.165) is 31.2 Å². The average Bonchev–Trinajstić information content (AvgIpc) is 3.07. The molecule has 134 valence electrons. The molecule has 1 aliphatic rings. The van der Waals surface area contributed by atoms with Gasteiger partial charge in [0.05, 0.1) is 16.1 Å². The zero-order chi connectivity index (χ0) is 18.1. The number of nitrogens with zero attached hydrogens (tertiary/aromatic N) is 2. The van der Waals surface area contributed by atoms with Gasteiger partial charge < -0.3 is 4.42 Å². The molecule has 1 aromatic heterocycles. The van der Waals surface area contributed by atoms with Crippen LogP contribution in [0.2, 0.25) is 0 Å². The summed E-state index contributed by atoms with van der Waals surface area (Å²) in [4.78, 5) is 0.273. The van der Waals surface area contributed by atoms with Crippen molar-refractivity contribution in [2.24, 2.45) is 0 Å². The molecule has 0 unspecified atom stereocenters. The Balaban J connectivity index is 1.69. The Morgan fingerprint density at radius 2 is 1.77 bits per heavy atom. The van der Waals surface area contributed by atoms with E-state index < -0.39 is 10.0 Å². The molecule has 0 amide bonds. The highest BCUT2D eigenvalue weighted by molar-refractivity contribution is 7.92. The first kappa shape index (κ1) is 16.8. The summed E-state index contributed by atoms with van der Waals surface area (Å²) < 4.78 is 33.9. The number of para-hydroxylation sites is 1. The van der Waals surface area contributed by atoms with Crippen LogP contribution in [0.5, 0.6) is 0 Å². The van der Waals surface area contributed by atoms with Crippen molar-refractivity contribution in [2.75, 3.05) is 4.72 Å². The average molecular weight is 369 g/mol. The first-order valence-electron chi connectivity index (χ1n) is 8.57. The van der Waals surface area contributed by atoms with Gasteiger partial charge in [-0.2, -0.15) is 0 Å². The highest BCUT2D eigenvalue weighted by atomic mass is 32.2. The van der Waals surface area contributed by atoms with Crippen LogP contribution in [-0.2, 0) is 22.9 Å². The minimum Gasteiger partial charge on any atom is -0.421 e. The van der Waals surface area contributed by atoms with Crippen molar-refractivity contribution >= 4 is 15.7 Å². The Labute approximate surface area is 152 Å². The summed E-state index contributed by atoms with van der Waals surface area (Å²) >= 11 is 0. The van der Waals surface area contributed by atoms with Gasteiger partial charge in [0.15, 0.2) is 0 Å². The SMILES string of the molecule is Cc1nnc(-c2ccccc2NS(=O)(=O)c2ccc3c(c2)CCCC3)o1. The molecular formula is C19H19N3O3S. The number of aryl methyl sites for hydroxylation is 3. The smallest absolute Gasteiger partial charge is 0.261 e. The van der Waals surface area contributed by atoms with Gasteiger partial charge in [-0.1, -0.05) is 18.2 Å². The van der Waals surface area contributed by atoms with E-state index in [0.29, 0.717) is 17.1 Å². The number of fused-ring (bicyclic) bond motifs is 1. The molecule has 26 heavy (non-hydrogen) atoms. The van der Waals surface area contributed by atoms with Gasteiger partial charge >= 0.3 is 0 Å². The van der Waals surface area contributed by atoms with E-state index in [9.17, 15) is 8.42 Å². The van der Waals surface area contributed by atoms with Crippen LogP contribution >= 0.6 is 0 Å². The molecular weight excluding hydrogens is 350 g/mol. The topological polar surface area (TPSA) is 85.1 Å². The second kappa shape index (κ2) is 6.57. The number of sulfonamides is 1. The number of aromatic nitrogens is 2. The van der Waals surface area contributed by atoms with Gasteiger partial charge in [-0.05, 0) is 61.1 Å². The van der Waals surface area contributed by atoms with Gasteiger partial charge in [0, 0.05) is 6.92 Å². The summed E-state index contributed by atoms with van der Waals surface area (Å²) in [6.45, 7) is 1.69. The lowest BCUT2D eigenvalue weighted by Crippen LogP contribution is -2.15. The zero-order valence-electron chi connectivity index (χ0n) is 14.4. The summed E-state index contributed by atoms with van der Waals surface area (Å²) in [5.41, 5.74) is 3.33. The molecule has 6 nitrogen and oxygen atoms in total. The predicted molar refractivity (Wildman–Crippen MR) is 98.4 cm³/mol. The molecule has 0 aliphatic heterocycles. The molecule has 0 saturated carbocycles. The third-order valence-corrected chi connectivity index (χ3v) is 5.92. The van der Waals surface area contributed by atoms with Crippen molar-refractivity contribution in [3.8, 4) is 11.5 Å². The van der Waals surface area contributed by atoms with E-state index in [1.54, 1.807) is 43.3 Å². The molecule has 0 spiro atoms. The van der Waals surface area contributed by atoms with Crippen molar-refractivity contribution in [3.05, 3.63) is 59.5 Å². The van der Waals surface area contributed by atoms with Gasteiger partial charge in [-0.3, -0.25) is 4.72 Å². The molecule has 0 bridgehead atoms. The summed E-state index contributed by atoms with van der Waals surface area (Å²) in [7, 11) is -3.71. The van der Waals surface area contributed by atoms with Crippen molar-refractivity contribution < 1.29 is 12.8 Å². The van der Waals surface area contributed by atoms with Crippen molar-refractivity contribution in [2.45, 2.75) is 37.5 Å². The van der Waals surface area contributed by atoms with Crippen LogP contribution in [0.3, 0.4) is 0 Å². The number of anilines is 1. The third-order valence-electron chi connectivity index (χ3n) is 4.56. The highest BCUT2D eigenvalue weighted by Gasteiger charge is 2.20. The normalized spacial score (nSPS) is 14.0. The molecule has 1 heterocycles. The maximum Gasteiger partial charge on any atom is 0.261 e. The predicted octanol–water partition coefficient (Wildman–Crippen LogP) is 3.72. The van der Waals surface area contributed by atoms with Crippen molar-refractivity contribution in [1.29, 1.82) is 0 Å². The van der Waals surface area contributed by atoms with E-state index in [4.69, 9.17) is 4.42 Å². The van der Waals surface area contributed by atoms with E-state index in [-0.39, 0.29) is 10.8 Å². The number of hydrogen-bond acceptors (Lipinski definition) is 5. The minimum atomic E-state index is -3.71. The molecule has 0 fully saturated rings. The van der Waals surface area contributed by atoms with Crippen LogP contribution in [0.25, 0.3) is 11.5 Å². The lowest BCUT2D eigenvalue weighted by molar-refractivity contribution is 0.533. The van der Waals surface area contributed by atoms with Crippen LogP contribution in [0.15, 0.2) is 51.8 Å². The molecule has 1 N–H and O–H groups in total. The maximum atomic E-state index is 12.9. The number of rotatable bonds is 4. The molecule has 0 radical (unpaired) electrons. The molecule has 1 aliphatic carbocycles. The molecule has 0 saturated heterocycles. The molecule has 2 aromatic carbocycles. The standard InChI is InChI=1S/C19H19N3O3S/c1-13-20-21-19(25-13)17-8-4-5-9-18(17)22-26(23,24)16-11-10-14-6-2-3-7-15(14)12-16/h4-5,8-12,22H,2-3,6-7H2,1H3. The van der Waals surface area contributed by atoms with Crippen LogP contribution < -0.4 is 4.72 Å². The first-order valence-corrected chi connectivity index (χ1v) is 10.1. The summed E-state index contributed by atoms with van der Waals surface area (Å²) in [5, 5.41) is 7.80. The van der Waals surface area contributed by atoms with Crippen molar-refractivity contribution in [1.82, 2.24) is 10.2 Å². The van der Waals surface area contributed by atoms with E-state index >= 15 is 0 Å². The first-order chi connectivity index (χ1) is 12.5. The fourth-order valence-electron chi connectivity index (χ4n) is 3.24. The molecule has 3 aromatic rings. The lowest BCUT2D eigenvalue weighted by atomic mass is 9.92. The Bertz CT molecular complexity index is 1060. The fraction of sp³-hybridized carbons (Fsp3) is 0.263. The Morgan fingerprint density at radius 3 is 2.54 bits per heavy atom. The zero-order valence-corrected chi connectivity index (χ0v) is 15.2. The number of nitrogens with one attached hydrogen (secondary N) is 1. The summed E-state index contributed by atoms with van der Waals surface area (Å²) in [5.74, 6) is 0.707. The van der Waals surface area contributed by atoms with E-state index in [2.05, 4.69) is 14.9 Å². The Kier molecular flexibility index (Phi) is 4.24. The van der Waals surface area contributed by atoms with Gasteiger partial charge in [-0.15, -0.1) is 10.2 Å².